The van der Waals surface area contributed by atoms with Gasteiger partial charge < -0.3 is 16.0 Å². The van der Waals surface area contributed by atoms with Crippen LogP contribution in [0.5, 0.6) is 0 Å². The topological polar surface area (TPSA) is 84.1 Å². The van der Waals surface area contributed by atoms with Crippen LogP contribution in [-0.2, 0) is 4.79 Å². The molecule has 0 aliphatic carbocycles. The van der Waals surface area contributed by atoms with E-state index in [4.69, 9.17) is 5.73 Å². The molecule has 6 nitrogen and oxygen atoms in total. The molecule has 0 saturated carbocycles. The lowest BCUT2D eigenvalue weighted by molar-refractivity contribution is -0.131. The lowest BCUT2D eigenvalue weighted by Crippen LogP contribution is -2.41. The van der Waals surface area contributed by atoms with E-state index in [1.165, 1.54) is 12.5 Å². The van der Waals surface area contributed by atoms with E-state index in [-0.39, 0.29) is 11.9 Å². The normalized spacial score (nSPS) is 11.9. The lowest BCUT2D eigenvalue weighted by atomic mass is 10.2. The van der Waals surface area contributed by atoms with Crippen LogP contribution in [0, 0.1) is 0 Å². The van der Waals surface area contributed by atoms with E-state index in [1.54, 1.807) is 11.8 Å². The first kappa shape index (κ1) is 13.2. The molecule has 0 aromatic carbocycles. The van der Waals surface area contributed by atoms with Gasteiger partial charge in [-0.2, -0.15) is 0 Å². The average molecular weight is 237 g/mol. The van der Waals surface area contributed by atoms with Gasteiger partial charge in [0.1, 0.15) is 12.4 Å². The second-order valence-electron chi connectivity index (χ2n) is 3.70. The molecular weight excluding hydrogens is 218 g/mol. The molecule has 1 rings (SSSR count). The Morgan fingerprint density at radius 2 is 2.18 bits per heavy atom. The van der Waals surface area contributed by atoms with E-state index >= 15 is 0 Å². The highest BCUT2D eigenvalue weighted by atomic mass is 16.2. The Kier molecular flexibility index (Phi) is 4.68. The highest BCUT2D eigenvalue weighted by Crippen LogP contribution is 2.13. The van der Waals surface area contributed by atoms with Gasteiger partial charge in [0.25, 0.3) is 0 Å². The maximum atomic E-state index is 12.0. The molecule has 17 heavy (non-hydrogen) atoms. The first-order valence-electron chi connectivity index (χ1n) is 5.70. The lowest BCUT2D eigenvalue weighted by Gasteiger charge is -2.23. The van der Waals surface area contributed by atoms with Crippen LogP contribution in [0.3, 0.4) is 0 Å². The molecule has 1 heterocycles. The summed E-state index contributed by atoms with van der Waals surface area (Å²) in [6.45, 7) is 7.09. The number of carbonyl (C=O) groups is 1. The molecule has 0 spiro atoms. The molecule has 0 bridgehead atoms. The molecule has 0 fully saturated rings. The van der Waals surface area contributed by atoms with Crippen molar-refractivity contribution >= 4 is 17.4 Å². The first-order valence-corrected chi connectivity index (χ1v) is 5.70. The Labute approximate surface area is 101 Å². The molecule has 1 unspecified atom stereocenters. The van der Waals surface area contributed by atoms with Crippen molar-refractivity contribution in [3.05, 3.63) is 12.5 Å². The minimum Gasteiger partial charge on any atom is -0.394 e. The number of hydrogen-bond donors (Lipinski definition) is 2. The molecule has 3 N–H and O–H groups in total. The highest BCUT2D eigenvalue weighted by Gasteiger charge is 2.18. The quantitative estimate of drug-likeness (QED) is 0.788. The molecular formula is C11H19N5O. The van der Waals surface area contributed by atoms with Gasteiger partial charge in [-0.1, -0.05) is 0 Å². The molecule has 1 aromatic rings. The summed E-state index contributed by atoms with van der Waals surface area (Å²) in [6.07, 6.45) is 2.90. The number of amides is 1. The monoisotopic (exact) mass is 237 g/mol. The van der Waals surface area contributed by atoms with Crippen molar-refractivity contribution in [2.45, 2.75) is 26.8 Å². The molecule has 1 amide bonds. The number of anilines is 2. The van der Waals surface area contributed by atoms with Crippen LogP contribution in [-0.4, -0.2) is 39.9 Å². The van der Waals surface area contributed by atoms with Gasteiger partial charge in [0.2, 0.25) is 5.91 Å². The predicted octanol–water partition coefficient (Wildman–Crippen LogP) is 0.728. The van der Waals surface area contributed by atoms with Gasteiger partial charge >= 0.3 is 0 Å². The zero-order valence-electron chi connectivity index (χ0n) is 10.5. The number of nitrogens with two attached hydrogens (primary N) is 1. The largest absolute Gasteiger partial charge is 0.394 e. The van der Waals surface area contributed by atoms with E-state index in [2.05, 4.69) is 15.3 Å². The van der Waals surface area contributed by atoms with Crippen molar-refractivity contribution in [1.82, 2.24) is 14.9 Å². The Morgan fingerprint density at radius 3 is 2.71 bits per heavy atom. The molecule has 6 heteroatoms. The number of hydrogen-bond acceptors (Lipinski definition) is 5. The van der Waals surface area contributed by atoms with Gasteiger partial charge in [-0.05, 0) is 20.8 Å². The molecule has 1 atom stereocenters. The van der Waals surface area contributed by atoms with Crippen molar-refractivity contribution in [3.63, 3.8) is 0 Å². The maximum absolute atomic E-state index is 12.0. The fraction of sp³-hybridized carbons (Fsp3) is 0.545. The summed E-state index contributed by atoms with van der Waals surface area (Å²) >= 11 is 0. The average Bonchev–Trinajstić information content (AvgIpc) is 2.33. The van der Waals surface area contributed by atoms with Crippen LogP contribution in [0.2, 0.25) is 0 Å². The highest BCUT2D eigenvalue weighted by molar-refractivity contribution is 5.84. The Balaban J connectivity index is 2.69. The number of nitrogen functional groups attached to an aromatic ring is 1. The smallest absolute Gasteiger partial charge is 0.244 e. The standard InChI is InChI=1S/C11H19N5O/c1-4-16(5-2)11(17)8(3)15-10-9(12)6-13-7-14-10/h6-8H,4-5,12H2,1-3H3,(H,13,14,15). The van der Waals surface area contributed by atoms with E-state index < -0.39 is 0 Å². The van der Waals surface area contributed by atoms with Crippen molar-refractivity contribution in [2.75, 3.05) is 24.1 Å². The van der Waals surface area contributed by atoms with Crippen molar-refractivity contribution in [3.8, 4) is 0 Å². The maximum Gasteiger partial charge on any atom is 0.244 e. The SMILES string of the molecule is CCN(CC)C(=O)C(C)Nc1ncncc1N. The molecule has 0 aliphatic rings. The summed E-state index contributed by atoms with van der Waals surface area (Å²) in [6, 6.07) is -0.355. The summed E-state index contributed by atoms with van der Waals surface area (Å²) < 4.78 is 0. The Morgan fingerprint density at radius 1 is 1.53 bits per heavy atom. The second kappa shape index (κ2) is 6.03. The predicted molar refractivity (Wildman–Crippen MR) is 67.5 cm³/mol. The van der Waals surface area contributed by atoms with Crippen LogP contribution in [0.25, 0.3) is 0 Å². The van der Waals surface area contributed by atoms with E-state index in [1.807, 2.05) is 13.8 Å². The minimum absolute atomic E-state index is 0.0352. The Hall–Kier alpha value is -1.85. The fourth-order valence-electron chi connectivity index (χ4n) is 1.54. The summed E-state index contributed by atoms with van der Waals surface area (Å²) in [4.78, 5) is 21.5. The van der Waals surface area contributed by atoms with E-state index in [0.717, 1.165) is 0 Å². The summed E-state index contributed by atoms with van der Waals surface area (Å²) in [5.41, 5.74) is 6.13. The Bertz CT molecular complexity index is 378. The van der Waals surface area contributed by atoms with Crippen LogP contribution in [0.1, 0.15) is 20.8 Å². The van der Waals surface area contributed by atoms with Gasteiger partial charge in [0.05, 0.1) is 11.9 Å². The van der Waals surface area contributed by atoms with Crippen LogP contribution in [0.15, 0.2) is 12.5 Å². The number of carbonyl (C=O) groups excluding carboxylic acids is 1. The van der Waals surface area contributed by atoms with E-state index in [0.29, 0.717) is 24.6 Å². The summed E-state index contributed by atoms with van der Waals surface area (Å²) in [5.74, 6) is 0.529. The molecule has 1 aromatic heterocycles. The zero-order valence-corrected chi connectivity index (χ0v) is 10.5. The van der Waals surface area contributed by atoms with Crippen molar-refractivity contribution in [2.24, 2.45) is 0 Å². The molecule has 0 aliphatic heterocycles. The number of rotatable bonds is 5. The first-order chi connectivity index (χ1) is 8.10. The molecule has 0 saturated heterocycles. The number of nitrogens with zero attached hydrogens (tertiary/aromatic N) is 3. The van der Waals surface area contributed by atoms with Crippen molar-refractivity contribution in [1.29, 1.82) is 0 Å². The third-order valence-electron chi connectivity index (χ3n) is 2.54. The summed E-state index contributed by atoms with van der Waals surface area (Å²) in [7, 11) is 0. The molecule has 0 radical (unpaired) electrons. The number of likely N-dealkylation sites (N-methyl/N-ethyl adjacent to an activating group) is 1. The van der Waals surface area contributed by atoms with Crippen LogP contribution < -0.4 is 11.1 Å². The van der Waals surface area contributed by atoms with Crippen LogP contribution in [0.4, 0.5) is 11.5 Å². The van der Waals surface area contributed by atoms with Gasteiger partial charge in [-0.25, -0.2) is 9.97 Å². The fourth-order valence-corrected chi connectivity index (χ4v) is 1.54. The summed E-state index contributed by atoms with van der Waals surface area (Å²) in [5, 5.41) is 2.99. The van der Waals surface area contributed by atoms with E-state index in [9.17, 15) is 4.79 Å². The third kappa shape index (κ3) is 3.30. The minimum atomic E-state index is -0.355. The zero-order chi connectivity index (χ0) is 12.8. The van der Waals surface area contributed by atoms with Crippen LogP contribution >= 0.6 is 0 Å². The number of aromatic nitrogens is 2. The van der Waals surface area contributed by atoms with Gasteiger partial charge in [-0.15, -0.1) is 0 Å². The molecule has 94 valence electrons. The second-order valence-corrected chi connectivity index (χ2v) is 3.70. The van der Waals surface area contributed by atoms with Crippen molar-refractivity contribution < 1.29 is 4.79 Å². The third-order valence-corrected chi connectivity index (χ3v) is 2.54. The van der Waals surface area contributed by atoms with Gasteiger partial charge in [0.15, 0.2) is 5.82 Å². The van der Waals surface area contributed by atoms with Gasteiger partial charge in [-0.3, -0.25) is 4.79 Å². The number of nitrogens with one attached hydrogen (secondary N) is 1. The van der Waals surface area contributed by atoms with Gasteiger partial charge in [0, 0.05) is 13.1 Å².